The summed E-state index contributed by atoms with van der Waals surface area (Å²) >= 11 is 0. The summed E-state index contributed by atoms with van der Waals surface area (Å²) in [4.78, 5) is 12.4. The zero-order valence-corrected chi connectivity index (χ0v) is 18.0. The smallest absolute Gasteiger partial charge is 0.307 e. The highest BCUT2D eigenvalue weighted by molar-refractivity contribution is 7.92. The van der Waals surface area contributed by atoms with Crippen LogP contribution < -0.4 is 10.0 Å². The van der Waals surface area contributed by atoms with Gasteiger partial charge >= 0.3 is 6.03 Å². The largest absolute Gasteiger partial charge is 0.333 e. The molecule has 7 nitrogen and oxygen atoms in total. The maximum atomic E-state index is 12.7. The molecule has 3 aliphatic rings. The van der Waals surface area contributed by atoms with Crippen molar-refractivity contribution in [2.24, 2.45) is 0 Å². The first kappa shape index (κ1) is 19.6. The Balaban J connectivity index is 1.42. The second-order valence-corrected chi connectivity index (χ2v) is 11.9. The quantitative estimate of drug-likeness (QED) is 0.753. The normalized spacial score (nSPS) is 18.5. The number of anilines is 1. The predicted octanol–water partition coefficient (Wildman–Crippen LogP) is 2.50. The van der Waals surface area contributed by atoms with Crippen LogP contribution in [-0.2, 0) is 52.0 Å². The maximum absolute atomic E-state index is 12.7. The molecule has 9 heteroatoms. The van der Waals surface area contributed by atoms with Gasteiger partial charge < -0.3 is 5.32 Å². The molecule has 0 bridgehead atoms. The molecule has 2 aromatic carbocycles. The van der Waals surface area contributed by atoms with Crippen LogP contribution in [0.4, 0.5) is 10.5 Å². The number of nitrogens with one attached hydrogen (secondary N) is 2. The summed E-state index contributed by atoms with van der Waals surface area (Å²) in [5, 5.41) is 2.79. The maximum Gasteiger partial charge on any atom is 0.333 e. The minimum absolute atomic E-state index is 0.0238. The van der Waals surface area contributed by atoms with Gasteiger partial charge in [-0.05, 0) is 84.9 Å². The third-order valence-electron chi connectivity index (χ3n) is 6.26. The van der Waals surface area contributed by atoms with Gasteiger partial charge in [-0.3, -0.25) is 0 Å². The number of urea groups is 1. The Morgan fingerprint density at radius 2 is 1.53 bits per heavy atom. The number of benzene rings is 2. The van der Waals surface area contributed by atoms with E-state index in [0.717, 1.165) is 61.4 Å². The van der Waals surface area contributed by atoms with Crippen molar-refractivity contribution >= 4 is 31.6 Å². The zero-order chi connectivity index (χ0) is 21.1. The molecule has 0 saturated heterocycles. The summed E-state index contributed by atoms with van der Waals surface area (Å²) in [6.07, 6.45) is 6.10. The van der Waals surface area contributed by atoms with Crippen LogP contribution in [0.2, 0.25) is 0 Å². The van der Waals surface area contributed by atoms with Crippen LogP contribution >= 0.6 is 0 Å². The number of hydrogen-bond acceptors (Lipinski definition) is 5. The van der Waals surface area contributed by atoms with Crippen molar-refractivity contribution in [3.63, 3.8) is 0 Å². The van der Waals surface area contributed by atoms with Crippen molar-refractivity contribution in [1.82, 2.24) is 4.72 Å². The lowest BCUT2D eigenvalue weighted by Gasteiger charge is -2.16. The highest BCUT2D eigenvalue weighted by Gasteiger charge is 2.30. The molecular weight excluding hydrogens is 424 g/mol. The molecule has 2 N–H and O–H groups in total. The number of sulfonamides is 1. The third-order valence-corrected chi connectivity index (χ3v) is 9.38. The fraction of sp³-hybridized carbons (Fsp3) is 0.381. The van der Waals surface area contributed by atoms with Gasteiger partial charge in [0.25, 0.3) is 10.0 Å². The summed E-state index contributed by atoms with van der Waals surface area (Å²) in [5.41, 5.74) is 6.03. The fourth-order valence-corrected chi connectivity index (χ4v) is 7.43. The molecule has 5 rings (SSSR count). The van der Waals surface area contributed by atoms with Gasteiger partial charge in [-0.15, -0.1) is 0 Å². The van der Waals surface area contributed by atoms with E-state index >= 15 is 0 Å². The highest BCUT2D eigenvalue weighted by Crippen LogP contribution is 2.38. The standard InChI is InChI=1S/C21H22N2O5S2/c24-21(22-20-17-5-1-3-14(17)11-15-4-2-6-18(15)20)23-30(27,28)16-8-7-13-9-10-29(25,26)19(13)12-16/h7-8,11-12H,1-6,9-10H2,(H2,22,23,24). The van der Waals surface area contributed by atoms with E-state index in [2.05, 4.69) is 11.4 Å². The Morgan fingerprint density at radius 3 is 2.20 bits per heavy atom. The Hall–Kier alpha value is -2.39. The van der Waals surface area contributed by atoms with E-state index in [9.17, 15) is 21.6 Å². The van der Waals surface area contributed by atoms with Gasteiger partial charge in [-0.1, -0.05) is 12.1 Å². The van der Waals surface area contributed by atoms with E-state index in [4.69, 9.17) is 0 Å². The van der Waals surface area contributed by atoms with Gasteiger partial charge in [0.1, 0.15) is 0 Å². The number of sulfone groups is 1. The molecule has 0 fully saturated rings. The summed E-state index contributed by atoms with van der Waals surface area (Å²) in [5.74, 6) is -0.0238. The van der Waals surface area contributed by atoms with E-state index in [1.807, 2.05) is 4.72 Å². The number of aryl methyl sites for hydroxylation is 3. The molecule has 1 heterocycles. The second kappa shape index (κ2) is 6.81. The zero-order valence-electron chi connectivity index (χ0n) is 16.3. The Morgan fingerprint density at radius 1 is 0.867 bits per heavy atom. The van der Waals surface area contributed by atoms with Gasteiger partial charge in [-0.2, -0.15) is 0 Å². The Kier molecular flexibility index (Phi) is 4.44. The van der Waals surface area contributed by atoms with Crippen LogP contribution in [0.3, 0.4) is 0 Å². The minimum atomic E-state index is -4.21. The monoisotopic (exact) mass is 446 g/mol. The van der Waals surface area contributed by atoms with Gasteiger partial charge in [0.15, 0.2) is 9.84 Å². The SMILES string of the molecule is O=C(Nc1c2c(cc3c1CCC3)CCC2)NS(=O)(=O)c1ccc2c(c1)S(=O)(=O)CC2. The number of carbonyl (C=O) groups excluding carboxylic acids is 1. The molecule has 2 aliphatic carbocycles. The molecule has 158 valence electrons. The van der Waals surface area contributed by atoms with Gasteiger partial charge in [0.2, 0.25) is 0 Å². The molecule has 0 atom stereocenters. The minimum Gasteiger partial charge on any atom is -0.307 e. The summed E-state index contributed by atoms with van der Waals surface area (Å²) < 4.78 is 51.8. The van der Waals surface area contributed by atoms with E-state index < -0.39 is 25.9 Å². The van der Waals surface area contributed by atoms with Crippen molar-refractivity contribution in [3.8, 4) is 0 Å². The topological polar surface area (TPSA) is 109 Å². The van der Waals surface area contributed by atoms with Crippen LogP contribution in [0.1, 0.15) is 40.7 Å². The van der Waals surface area contributed by atoms with Crippen LogP contribution in [0.15, 0.2) is 34.1 Å². The molecular formula is C21H22N2O5S2. The van der Waals surface area contributed by atoms with Crippen LogP contribution in [0, 0.1) is 0 Å². The second-order valence-electron chi connectivity index (χ2n) is 8.13. The number of rotatable bonds is 3. The molecule has 1 aliphatic heterocycles. The van der Waals surface area contributed by atoms with E-state index in [-0.39, 0.29) is 15.5 Å². The highest BCUT2D eigenvalue weighted by atomic mass is 32.2. The van der Waals surface area contributed by atoms with Crippen LogP contribution in [-0.4, -0.2) is 28.6 Å². The molecule has 0 aromatic heterocycles. The van der Waals surface area contributed by atoms with E-state index in [1.165, 1.54) is 23.3 Å². The number of hydrogen-bond donors (Lipinski definition) is 2. The van der Waals surface area contributed by atoms with Gasteiger partial charge in [-0.25, -0.2) is 26.4 Å². The number of amides is 2. The number of carbonyl (C=O) groups is 1. The molecule has 0 radical (unpaired) electrons. The molecule has 0 unspecified atom stereocenters. The lowest BCUT2D eigenvalue weighted by molar-refractivity contribution is 0.256. The van der Waals surface area contributed by atoms with Crippen molar-refractivity contribution in [3.05, 3.63) is 52.1 Å². The molecule has 2 aromatic rings. The molecule has 30 heavy (non-hydrogen) atoms. The Bertz CT molecular complexity index is 1260. The van der Waals surface area contributed by atoms with Crippen LogP contribution in [0.25, 0.3) is 0 Å². The van der Waals surface area contributed by atoms with Crippen molar-refractivity contribution in [1.29, 1.82) is 0 Å². The van der Waals surface area contributed by atoms with Crippen molar-refractivity contribution < 1.29 is 21.6 Å². The lowest BCUT2D eigenvalue weighted by atomic mass is 9.99. The molecule has 0 spiro atoms. The fourth-order valence-electron chi connectivity index (χ4n) is 4.84. The van der Waals surface area contributed by atoms with Crippen LogP contribution in [0.5, 0.6) is 0 Å². The Labute approximate surface area is 175 Å². The van der Waals surface area contributed by atoms with E-state index in [0.29, 0.717) is 12.0 Å². The predicted molar refractivity (Wildman–Crippen MR) is 112 cm³/mol. The summed E-state index contributed by atoms with van der Waals surface area (Å²) in [6, 6.07) is 5.39. The average Bonchev–Trinajstić information content (AvgIpc) is 3.40. The number of fused-ring (bicyclic) bond motifs is 3. The molecule has 0 saturated carbocycles. The first-order valence-electron chi connectivity index (χ1n) is 10.1. The summed E-state index contributed by atoms with van der Waals surface area (Å²) in [7, 11) is -7.68. The lowest BCUT2D eigenvalue weighted by Crippen LogP contribution is -2.35. The third kappa shape index (κ3) is 3.20. The van der Waals surface area contributed by atoms with Crippen molar-refractivity contribution in [2.45, 2.75) is 54.7 Å². The first-order chi connectivity index (χ1) is 14.2. The van der Waals surface area contributed by atoms with Crippen molar-refractivity contribution in [2.75, 3.05) is 11.1 Å². The summed E-state index contributed by atoms with van der Waals surface area (Å²) in [6.45, 7) is 0. The van der Waals surface area contributed by atoms with Gasteiger partial charge in [0.05, 0.1) is 15.5 Å². The molecule has 2 amide bonds. The average molecular weight is 447 g/mol. The first-order valence-corrected chi connectivity index (χ1v) is 13.2. The van der Waals surface area contributed by atoms with E-state index in [1.54, 1.807) is 0 Å². The van der Waals surface area contributed by atoms with Gasteiger partial charge in [0, 0.05) is 5.69 Å².